The van der Waals surface area contributed by atoms with E-state index in [1.807, 2.05) is 37.3 Å². The molecule has 1 aromatic rings. The molecule has 0 amide bonds. The van der Waals surface area contributed by atoms with E-state index < -0.39 is 5.54 Å². The van der Waals surface area contributed by atoms with Gasteiger partial charge in [0, 0.05) is 12.3 Å². The Hall–Kier alpha value is -1.55. The maximum absolute atomic E-state index is 12.2. The summed E-state index contributed by atoms with van der Waals surface area (Å²) in [5.74, 6) is -0.228. The van der Waals surface area contributed by atoms with E-state index in [4.69, 9.17) is 9.47 Å². The third-order valence-electron chi connectivity index (χ3n) is 3.06. The van der Waals surface area contributed by atoms with Gasteiger partial charge in [0.25, 0.3) is 0 Å². The van der Waals surface area contributed by atoms with Crippen molar-refractivity contribution in [2.24, 2.45) is 0 Å². The van der Waals surface area contributed by atoms with Gasteiger partial charge in [0.15, 0.2) is 5.54 Å². The van der Waals surface area contributed by atoms with Crippen LogP contribution in [-0.4, -0.2) is 31.3 Å². The van der Waals surface area contributed by atoms with E-state index in [1.165, 1.54) is 0 Å². The van der Waals surface area contributed by atoms with Crippen LogP contribution in [0.5, 0.6) is 0 Å². The van der Waals surface area contributed by atoms with Crippen LogP contribution < -0.4 is 5.32 Å². The normalized spacial score (nSPS) is 23.4. The van der Waals surface area contributed by atoms with E-state index in [-0.39, 0.29) is 5.97 Å². The van der Waals surface area contributed by atoms with Gasteiger partial charge in [-0.2, -0.15) is 0 Å². The Kier molecular flexibility index (Phi) is 4.20. The molecule has 0 radical (unpaired) electrons. The zero-order valence-corrected chi connectivity index (χ0v) is 10.6. The van der Waals surface area contributed by atoms with E-state index in [2.05, 4.69) is 5.32 Å². The third kappa shape index (κ3) is 2.82. The van der Waals surface area contributed by atoms with Crippen LogP contribution >= 0.6 is 0 Å². The Morgan fingerprint density at radius 3 is 2.83 bits per heavy atom. The van der Waals surface area contributed by atoms with E-state index >= 15 is 0 Å². The summed E-state index contributed by atoms with van der Waals surface area (Å²) in [6.45, 7) is 3.27. The number of nitrogens with one attached hydrogen (secondary N) is 1. The highest BCUT2D eigenvalue weighted by atomic mass is 16.5. The second-order valence-corrected chi connectivity index (χ2v) is 4.45. The number of hydrogen-bond acceptors (Lipinski definition) is 4. The van der Waals surface area contributed by atoms with E-state index in [9.17, 15) is 4.79 Å². The highest BCUT2D eigenvalue weighted by molar-refractivity contribution is 5.85. The summed E-state index contributed by atoms with van der Waals surface area (Å²) in [6.07, 6.45) is 1.60. The maximum Gasteiger partial charge on any atom is 0.334 e. The van der Waals surface area contributed by atoms with Crippen molar-refractivity contribution < 1.29 is 14.3 Å². The summed E-state index contributed by atoms with van der Waals surface area (Å²) in [5.41, 5.74) is 0.173. The van der Waals surface area contributed by atoms with Gasteiger partial charge in [0.05, 0.1) is 13.2 Å². The smallest absolute Gasteiger partial charge is 0.334 e. The van der Waals surface area contributed by atoms with Gasteiger partial charge in [-0.1, -0.05) is 18.2 Å². The molecule has 4 nitrogen and oxygen atoms in total. The van der Waals surface area contributed by atoms with Crippen LogP contribution in [-0.2, 0) is 14.3 Å². The molecule has 2 rings (SSSR count). The van der Waals surface area contributed by atoms with Crippen molar-refractivity contribution in [3.05, 3.63) is 30.3 Å². The van der Waals surface area contributed by atoms with Crippen molar-refractivity contribution in [2.45, 2.75) is 25.3 Å². The molecule has 1 atom stereocenters. The first-order chi connectivity index (χ1) is 8.77. The van der Waals surface area contributed by atoms with Gasteiger partial charge >= 0.3 is 5.97 Å². The second-order valence-electron chi connectivity index (χ2n) is 4.45. The molecule has 1 unspecified atom stereocenters. The third-order valence-corrected chi connectivity index (χ3v) is 3.06. The lowest BCUT2D eigenvalue weighted by molar-refractivity contribution is -0.153. The summed E-state index contributed by atoms with van der Waals surface area (Å²) in [7, 11) is 0. The minimum atomic E-state index is -0.740. The van der Waals surface area contributed by atoms with Crippen LogP contribution in [0.4, 0.5) is 5.69 Å². The lowest BCUT2D eigenvalue weighted by atomic mass is 9.92. The van der Waals surface area contributed by atoms with Crippen molar-refractivity contribution in [1.82, 2.24) is 0 Å². The molecule has 98 valence electrons. The highest BCUT2D eigenvalue weighted by Crippen LogP contribution is 2.26. The SMILES string of the molecule is CCOC(=O)C1(Nc2ccccc2)CCCOC1. The number of carbonyl (C=O) groups is 1. The Labute approximate surface area is 107 Å². The average Bonchev–Trinajstić information content (AvgIpc) is 2.41. The van der Waals surface area contributed by atoms with E-state index in [0.717, 1.165) is 18.5 Å². The first-order valence-electron chi connectivity index (χ1n) is 6.35. The zero-order valence-electron chi connectivity index (χ0n) is 10.6. The summed E-state index contributed by atoms with van der Waals surface area (Å²) in [6, 6.07) is 9.69. The number of benzene rings is 1. The van der Waals surface area contributed by atoms with Gasteiger partial charge in [-0.25, -0.2) is 4.79 Å². The molecule has 0 aliphatic carbocycles. The molecular formula is C14H19NO3. The second kappa shape index (κ2) is 5.87. The van der Waals surface area contributed by atoms with Crippen molar-refractivity contribution in [1.29, 1.82) is 0 Å². The molecule has 0 saturated carbocycles. The van der Waals surface area contributed by atoms with Crippen LogP contribution in [0, 0.1) is 0 Å². The predicted octanol–water partition coefficient (Wildman–Crippen LogP) is 2.21. The molecule has 1 N–H and O–H groups in total. The lowest BCUT2D eigenvalue weighted by Crippen LogP contribution is -2.53. The first-order valence-corrected chi connectivity index (χ1v) is 6.35. The molecule has 1 fully saturated rings. The Balaban J connectivity index is 2.16. The molecule has 1 aromatic carbocycles. The highest BCUT2D eigenvalue weighted by Gasteiger charge is 2.41. The van der Waals surface area contributed by atoms with Crippen molar-refractivity contribution in [3.63, 3.8) is 0 Å². The maximum atomic E-state index is 12.2. The number of esters is 1. The molecule has 1 aliphatic rings. The van der Waals surface area contributed by atoms with Crippen molar-refractivity contribution in [3.8, 4) is 0 Å². The Bertz CT molecular complexity index is 385. The molecule has 18 heavy (non-hydrogen) atoms. The minimum absolute atomic E-state index is 0.228. The van der Waals surface area contributed by atoms with E-state index in [1.54, 1.807) is 0 Å². The van der Waals surface area contributed by atoms with Gasteiger partial charge in [0.1, 0.15) is 0 Å². The summed E-state index contributed by atoms with van der Waals surface area (Å²) in [4.78, 5) is 12.2. The van der Waals surface area contributed by atoms with Crippen molar-refractivity contribution >= 4 is 11.7 Å². The number of ether oxygens (including phenoxy) is 2. The molecular weight excluding hydrogens is 230 g/mol. The van der Waals surface area contributed by atoms with E-state index in [0.29, 0.717) is 19.8 Å². The number of anilines is 1. The monoisotopic (exact) mass is 249 g/mol. The molecule has 0 spiro atoms. The molecule has 0 aromatic heterocycles. The standard InChI is InChI=1S/C14H19NO3/c1-2-18-13(16)14(9-6-10-17-11-14)15-12-7-4-3-5-8-12/h3-5,7-8,15H,2,6,9-11H2,1H3. The molecule has 1 heterocycles. The van der Waals surface area contributed by atoms with Gasteiger partial charge < -0.3 is 14.8 Å². The fourth-order valence-electron chi connectivity index (χ4n) is 2.17. The van der Waals surface area contributed by atoms with Crippen LogP contribution in [0.1, 0.15) is 19.8 Å². The first kappa shape index (κ1) is 12.9. The number of rotatable bonds is 4. The number of para-hydroxylation sites is 1. The van der Waals surface area contributed by atoms with Crippen LogP contribution in [0.25, 0.3) is 0 Å². The fourth-order valence-corrected chi connectivity index (χ4v) is 2.17. The zero-order chi connectivity index (χ0) is 12.8. The average molecular weight is 249 g/mol. The van der Waals surface area contributed by atoms with Gasteiger partial charge in [-0.05, 0) is 31.9 Å². The molecule has 0 bridgehead atoms. The summed E-state index contributed by atoms with van der Waals surface area (Å²) in [5, 5.41) is 3.28. The van der Waals surface area contributed by atoms with Gasteiger partial charge in [-0.15, -0.1) is 0 Å². The van der Waals surface area contributed by atoms with Gasteiger partial charge in [-0.3, -0.25) is 0 Å². The van der Waals surface area contributed by atoms with Crippen molar-refractivity contribution in [2.75, 3.05) is 25.1 Å². The van der Waals surface area contributed by atoms with Crippen LogP contribution in [0.2, 0.25) is 0 Å². The van der Waals surface area contributed by atoms with Crippen LogP contribution in [0.15, 0.2) is 30.3 Å². The number of hydrogen-bond donors (Lipinski definition) is 1. The quantitative estimate of drug-likeness (QED) is 0.831. The van der Waals surface area contributed by atoms with Crippen LogP contribution in [0.3, 0.4) is 0 Å². The lowest BCUT2D eigenvalue weighted by Gasteiger charge is -2.36. The minimum Gasteiger partial charge on any atom is -0.464 e. The molecule has 4 heteroatoms. The summed E-state index contributed by atoms with van der Waals surface area (Å²) < 4.78 is 10.6. The largest absolute Gasteiger partial charge is 0.464 e. The fraction of sp³-hybridized carbons (Fsp3) is 0.500. The summed E-state index contributed by atoms with van der Waals surface area (Å²) >= 11 is 0. The predicted molar refractivity (Wildman–Crippen MR) is 69.5 cm³/mol. The molecule has 1 aliphatic heterocycles. The number of carbonyl (C=O) groups excluding carboxylic acids is 1. The van der Waals surface area contributed by atoms with Gasteiger partial charge in [0.2, 0.25) is 0 Å². The Morgan fingerprint density at radius 2 is 2.22 bits per heavy atom. The Morgan fingerprint density at radius 1 is 1.44 bits per heavy atom. The molecule has 1 saturated heterocycles. The topological polar surface area (TPSA) is 47.6 Å².